The van der Waals surface area contributed by atoms with Crippen LogP contribution in [0, 0.1) is 5.41 Å². The zero-order chi connectivity index (χ0) is 16.2. The van der Waals surface area contributed by atoms with E-state index in [2.05, 4.69) is 0 Å². The summed E-state index contributed by atoms with van der Waals surface area (Å²) < 4.78 is 3.38. The normalized spacial score (nSPS) is 12.9. The topological polar surface area (TPSA) is 44.0 Å². The number of fused-ring (bicyclic) bond motifs is 1. The third-order valence-electron chi connectivity index (χ3n) is 3.67. The number of aromatic nitrogens is 2. The Bertz CT molecular complexity index is 765. The highest BCUT2D eigenvalue weighted by Gasteiger charge is 2.26. The minimum atomic E-state index is -0.435. The second kappa shape index (κ2) is 4.58. The lowest BCUT2D eigenvalue weighted by atomic mass is 9.86. The van der Waals surface area contributed by atoms with Gasteiger partial charge < -0.3 is 0 Å². The number of rotatable bonds is 1. The van der Waals surface area contributed by atoms with E-state index in [0.29, 0.717) is 5.56 Å². The van der Waals surface area contributed by atoms with Gasteiger partial charge in [0.1, 0.15) is 0 Å². The summed E-state index contributed by atoms with van der Waals surface area (Å²) in [7, 11) is 1.76. The molecule has 0 amide bonds. The minimum Gasteiger partial charge on any atom is -0.295 e. The van der Waals surface area contributed by atoms with Crippen LogP contribution in [0.4, 0.5) is 0 Å². The van der Waals surface area contributed by atoms with Gasteiger partial charge in [0.15, 0.2) is 5.78 Å². The lowest BCUT2D eigenvalue weighted by Crippen LogP contribution is -2.34. The lowest BCUT2D eigenvalue weighted by molar-refractivity contribution is 0.0858. The number of imidazole rings is 1. The van der Waals surface area contributed by atoms with Crippen molar-refractivity contribution < 1.29 is 4.79 Å². The number of carbonyl (C=O) groups is 1. The molecule has 0 aliphatic heterocycles. The number of carbonyl (C=O) groups excluding carboxylic acids is 1. The molecule has 2 aromatic rings. The van der Waals surface area contributed by atoms with Crippen LogP contribution in [0.25, 0.3) is 11.0 Å². The number of nitrogens with zero attached hydrogens (tertiary/aromatic N) is 2. The molecule has 0 N–H and O–H groups in total. The van der Waals surface area contributed by atoms with Crippen molar-refractivity contribution in [2.45, 2.75) is 47.1 Å². The van der Waals surface area contributed by atoms with Crippen LogP contribution in [-0.2, 0) is 12.6 Å². The largest absolute Gasteiger partial charge is 0.329 e. The molecule has 0 radical (unpaired) electrons. The monoisotopic (exact) mass is 288 g/mol. The van der Waals surface area contributed by atoms with Gasteiger partial charge in [0.2, 0.25) is 0 Å². The smallest absolute Gasteiger partial charge is 0.295 e. The Labute approximate surface area is 125 Å². The van der Waals surface area contributed by atoms with E-state index in [0.717, 1.165) is 11.0 Å². The van der Waals surface area contributed by atoms with Gasteiger partial charge in [-0.05, 0) is 39.0 Å². The van der Waals surface area contributed by atoms with Crippen molar-refractivity contribution in [3.63, 3.8) is 0 Å². The quantitative estimate of drug-likeness (QED) is 0.756. The molecular weight excluding hydrogens is 264 g/mol. The number of Topliss-reactive ketones (excluding diaryl/α,β-unsaturated/α-hetero) is 1. The van der Waals surface area contributed by atoms with Gasteiger partial charge in [-0.1, -0.05) is 20.8 Å². The summed E-state index contributed by atoms with van der Waals surface area (Å²) in [4.78, 5) is 24.9. The molecule has 4 heteroatoms. The van der Waals surface area contributed by atoms with Gasteiger partial charge in [0.25, 0.3) is 0 Å². The number of ketones is 1. The molecule has 0 atom stereocenters. The molecular formula is C17H24N2O2. The van der Waals surface area contributed by atoms with E-state index < -0.39 is 5.41 Å². The number of aryl methyl sites for hydroxylation is 1. The molecule has 1 heterocycles. The number of benzene rings is 1. The zero-order valence-corrected chi connectivity index (χ0v) is 13.9. The molecule has 0 fully saturated rings. The maximum Gasteiger partial charge on any atom is 0.329 e. The van der Waals surface area contributed by atoms with E-state index in [9.17, 15) is 9.59 Å². The molecule has 114 valence electrons. The van der Waals surface area contributed by atoms with Gasteiger partial charge in [0.05, 0.1) is 11.0 Å². The van der Waals surface area contributed by atoms with Crippen molar-refractivity contribution in [3.8, 4) is 0 Å². The van der Waals surface area contributed by atoms with E-state index in [4.69, 9.17) is 0 Å². The standard InChI is InChI=1S/C17H24N2O2/c1-16(2,3)14(20)11-8-9-12-13(10-11)19(17(4,5)6)15(21)18(12)7/h8-10H,1-7H3. The summed E-state index contributed by atoms with van der Waals surface area (Å²) in [6, 6.07) is 5.51. The van der Waals surface area contributed by atoms with E-state index in [1.807, 2.05) is 59.7 Å². The van der Waals surface area contributed by atoms with Gasteiger partial charge in [-0.15, -0.1) is 0 Å². The summed E-state index contributed by atoms with van der Waals surface area (Å²) in [6.45, 7) is 11.7. The van der Waals surface area contributed by atoms with E-state index in [1.165, 1.54) is 0 Å². The minimum absolute atomic E-state index is 0.0575. The molecule has 0 spiro atoms. The highest BCUT2D eigenvalue weighted by Crippen LogP contribution is 2.26. The summed E-state index contributed by atoms with van der Waals surface area (Å²) in [5.74, 6) is 0.0844. The van der Waals surface area contributed by atoms with Crippen LogP contribution < -0.4 is 5.69 Å². The van der Waals surface area contributed by atoms with Crippen LogP contribution in [0.15, 0.2) is 23.0 Å². The molecule has 0 saturated heterocycles. The third kappa shape index (κ3) is 2.55. The molecule has 1 aromatic carbocycles. The van der Waals surface area contributed by atoms with Gasteiger partial charge in [-0.25, -0.2) is 4.79 Å². The van der Waals surface area contributed by atoms with Crippen LogP contribution in [0.2, 0.25) is 0 Å². The first-order valence-corrected chi connectivity index (χ1v) is 7.21. The average molecular weight is 288 g/mol. The molecule has 0 unspecified atom stereocenters. The highest BCUT2D eigenvalue weighted by molar-refractivity contribution is 6.02. The molecule has 4 nitrogen and oxygen atoms in total. The molecule has 0 aliphatic carbocycles. The summed E-state index contributed by atoms with van der Waals surface area (Å²) in [6.07, 6.45) is 0. The highest BCUT2D eigenvalue weighted by atomic mass is 16.2. The van der Waals surface area contributed by atoms with Crippen molar-refractivity contribution in [1.29, 1.82) is 0 Å². The Morgan fingerprint density at radius 3 is 2.05 bits per heavy atom. The third-order valence-corrected chi connectivity index (χ3v) is 3.67. The SMILES string of the molecule is Cn1c(=O)n(C(C)(C)C)c2cc(C(=O)C(C)(C)C)ccc21. The predicted octanol–water partition coefficient (Wildman–Crippen LogP) is 3.32. The van der Waals surface area contributed by atoms with Crippen molar-refractivity contribution in [1.82, 2.24) is 9.13 Å². The van der Waals surface area contributed by atoms with Gasteiger partial charge >= 0.3 is 5.69 Å². The van der Waals surface area contributed by atoms with E-state index >= 15 is 0 Å². The Morgan fingerprint density at radius 1 is 1.00 bits per heavy atom. The Hall–Kier alpha value is -1.84. The maximum atomic E-state index is 12.5. The zero-order valence-electron chi connectivity index (χ0n) is 13.9. The van der Waals surface area contributed by atoms with Crippen molar-refractivity contribution in [2.24, 2.45) is 12.5 Å². The molecule has 21 heavy (non-hydrogen) atoms. The second-order valence-electron chi connectivity index (χ2n) is 7.63. The van der Waals surface area contributed by atoms with Crippen LogP contribution in [0.3, 0.4) is 0 Å². The number of hydrogen-bond donors (Lipinski definition) is 0. The summed E-state index contributed by atoms with van der Waals surface area (Å²) >= 11 is 0. The maximum absolute atomic E-state index is 12.5. The first-order valence-electron chi connectivity index (χ1n) is 7.21. The van der Waals surface area contributed by atoms with Crippen molar-refractivity contribution >= 4 is 16.8 Å². The fourth-order valence-electron chi connectivity index (χ4n) is 2.56. The van der Waals surface area contributed by atoms with E-state index in [-0.39, 0.29) is 17.0 Å². The molecule has 1 aromatic heterocycles. The summed E-state index contributed by atoms with van der Waals surface area (Å²) in [5.41, 5.74) is 1.48. The molecule has 0 aliphatic rings. The van der Waals surface area contributed by atoms with Crippen molar-refractivity contribution in [2.75, 3.05) is 0 Å². The van der Waals surface area contributed by atoms with Gasteiger partial charge in [-0.3, -0.25) is 13.9 Å². The first-order chi connectivity index (χ1) is 9.44. The Balaban J connectivity index is 2.80. The van der Waals surface area contributed by atoms with Crippen molar-refractivity contribution in [3.05, 3.63) is 34.2 Å². The Kier molecular flexibility index (Phi) is 3.39. The van der Waals surface area contributed by atoms with Crippen LogP contribution in [0.1, 0.15) is 51.9 Å². The molecule has 0 bridgehead atoms. The fourth-order valence-corrected chi connectivity index (χ4v) is 2.56. The second-order valence-corrected chi connectivity index (χ2v) is 7.63. The molecule has 0 saturated carbocycles. The predicted molar refractivity (Wildman–Crippen MR) is 86.0 cm³/mol. The van der Waals surface area contributed by atoms with Crippen LogP contribution in [0.5, 0.6) is 0 Å². The number of hydrogen-bond acceptors (Lipinski definition) is 2. The first kappa shape index (κ1) is 15.5. The average Bonchev–Trinajstić information content (AvgIpc) is 2.58. The lowest BCUT2D eigenvalue weighted by Gasteiger charge is -2.21. The summed E-state index contributed by atoms with van der Waals surface area (Å²) in [5, 5.41) is 0. The van der Waals surface area contributed by atoms with Crippen LogP contribution in [-0.4, -0.2) is 14.9 Å². The van der Waals surface area contributed by atoms with Gasteiger partial charge in [-0.2, -0.15) is 0 Å². The Morgan fingerprint density at radius 2 is 1.57 bits per heavy atom. The van der Waals surface area contributed by atoms with Crippen LogP contribution >= 0.6 is 0 Å². The van der Waals surface area contributed by atoms with Gasteiger partial charge in [0, 0.05) is 23.6 Å². The molecule has 2 rings (SSSR count). The fraction of sp³-hybridized carbons (Fsp3) is 0.529. The van der Waals surface area contributed by atoms with E-state index in [1.54, 1.807) is 16.2 Å².